The second-order valence-corrected chi connectivity index (χ2v) is 5.87. The zero-order valence-corrected chi connectivity index (χ0v) is 7.60. The van der Waals surface area contributed by atoms with E-state index in [1.165, 1.54) is 11.8 Å². The molecule has 0 aliphatic heterocycles. The first-order chi connectivity index (χ1) is 4.31. The SMILES string of the molecule is IC1CC(C23CC2C3)C1. The van der Waals surface area contributed by atoms with Gasteiger partial charge in [0.1, 0.15) is 0 Å². The molecule has 0 radical (unpaired) electrons. The van der Waals surface area contributed by atoms with Gasteiger partial charge in [-0.05, 0) is 42.9 Å². The zero-order chi connectivity index (χ0) is 6.06. The molecule has 0 N–H and O–H groups in total. The Morgan fingerprint density at radius 2 is 1.67 bits per heavy atom. The van der Waals surface area contributed by atoms with Gasteiger partial charge in [-0.2, -0.15) is 0 Å². The molecule has 0 unspecified atom stereocenters. The molecule has 3 aliphatic rings. The maximum atomic E-state index is 2.59. The molecule has 9 heavy (non-hydrogen) atoms. The molecule has 1 heteroatoms. The second-order valence-electron chi connectivity index (χ2n) is 4.10. The van der Waals surface area contributed by atoms with E-state index >= 15 is 0 Å². The number of rotatable bonds is 1. The summed E-state index contributed by atoms with van der Waals surface area (Å²) in [4.78, 5) is 0. The summed E-state index contributed by atoms with van der Waals surface area (Å²) in [7, 11) is 0. The lowest BCUT2D eigenvalue weighted by atomic mass is 9.77. The van der Waals surface area contributed by atoms with Crippen LogP contribution in [0.5, 0.6) is 0 Å². The second kappa shape index (κ2) is 1.34. The van der Waals surface area contributed by atoms with Crippen LogP contribution in [0.1, 0.15) is 25.7 Å². The molecule has 0 atom stereocenters. The molecule has 0 spiro atoms. The standard InChI is InChI=1S/C8H11I/c9-7-1-5(2-7)8-3-6(8)4-8/h5-7H,1-4H2. The summed E-state index contributed by atoms with van der Waals surface area (Å²) in [5.74, 6) is 2.41. The van der Waals surface area contributed by atoms with Crippen LogP contribution in [-0.4, -0.2) is 3.92 Å². The number of hydrogen-bond acceptors (Lipinski definition) is 0. The van der Waals surface area contributed by atoms with Crippen LogP contribution in [-0.2, 0) is 0 Å². The first-order valence-electron chi connectivity index (χ1n) is 3.95. The Morgan fingerprint density at radius 3 is 2.00 bits per heavy atom. The van der Waals surface area contributed by atoms with Crippen molar-refractivity contribution in [2.24, 2.45) is 17.3 Å². The molecule has 3 saturated carbocycles. The normalized spacial score (nSPS) is 68.3. The van der Waals surface area contributed by atoms with Gasteiger partial charge in [0.15, 0.2) is 0 Å². The van der Waals surface area contributed by atoms with Crippen molar-refractivity contribution < 1.29 is 0 Å². The van der Waals surface area contributed by atoms with Crippen molar-refractivity contribution >= 4 is 22.6 Å². The van der Waals surface area contributed by atoms with E-state index < -0.39 is 0 Å². The third kappa shape index (κ3) is 0.553. The topological polar surface area (TPSA) is 0 Å². The minimum atomic E-state index is 0.988. The predicted molar refractivity (Wildman–Crippen MR) is 45.7 cm³/mol. The van der Waals surface area contributed by atoms with E-state index in [0.29, 0.717) is 0 Å². The average molecular weight is 234 g/mol. The van der Waals surface area contributed by atoms with Crippen molar-refractivity contribution in [1.82, 2.24) is 0 Å². The van der Waals surface area contributed by atoms with Crippen LogP contribution in [0.3, 0.4) is 0 Å². The van der Waals surface area contributed by atoms with E-state index in [1.807, 2.05) is 0 Å². The van der Waals surface area contributed by atoms with Gasteiger partial charge < -0.3 is 0 Å². The van der Waals surface area contributed by atoms with Crippen LogP contribution in [0.15, 0.2) is 0 Å². The van der Waals surface area contributed by atoms with Gasteiger partial charge in [0.25, 0.3) is 0 Å². The molecule has 0 aromatic heterocycles. The summed E-state index contributed by atoms with van der Waals surface area (Å²) >= 11 is 2.59. The monoisotopic (exact) mass is 234 g/mol. The Hall–Kier alpha value is 0.730. The van der Waals surface area contributed by atoms with Crippen molar-refractivity contribution in [2.75, 3.05) is 0 Å². The van der Waals surface area contributed by atoms with Gasteiger partial charge in [-0.3, -0.25) is 0 Å². The van der Waals surface area contributed by atoms with E-state index in [2.05, 4.69) is 22.6 Å². The molecule has 3 fully saturated rings. The van der Waals surface area contributed by atoms with Gasteiger partial charge in [-0.15, -0.1) is 0 Å². The smallest absolute Gasteiger partial charge is 0.0115 e. The first kappa shape index (κ1) is 5.39. The summed E-state index contributed by atoms with van der Waals surface area (Å²) in [6.07, 6.45) is 6.33. The van der Waals surface area contributed by atoms with Crippen molar-refractivity contribution in [1.29, 1.82) is 0 Å². The Balaban J connectivity index is 1.70. The lowest BCUT2D eigenvalue weighted by Gasteiger charge is -2.33. The van der Waals surface area contributed by atoms with E-state index in [9.17, 15) is 0 Å². The highest BCUT2D eigenvalue weighted by Crippen LogP contribution is 2.81. The maximum Gasteiger partial charge on any atom is 0.0115 e. The summed E-state index contributed by atoms with van der Waals surface area (Å²) < 4.78 is 1.05. The first-order valence-corrected chi connectivity index (χ1v) is 5.20. The van der Waals surface area contributed by atoms with Crippen LogP contribution in [0, 0.1) is 17.3 Å². The molecule has 0 nitrogen and oxygen atoms in total. The Kier molecular flexibility index (Phi) is 0.802. The fraction of sp³-hybridized carbons (Fsp3) is 1.00. The summed E-state index contributed by atoms with van der Waals surface area (Å²) in [6, 6.07) is 0. The van der Waals surface area contributed by atoms with Gasteiger partial charge >= 0.3 is 0 Å². The number of alkyl halides is 1. The Labute approximate surface area is 69.5 Å². The number of hydrogen-bond donors (Lipinski definition) is 0. The van der Waals surface area contributed by atoms with E-state index in [0.717, 1.165) is 9.34 Å². The fourth-order valence-electron chi connectivity index (χ4n) is 2.42. The van der Waals surface area contributed by atoms with Gasteiger partial charge in [0.2, 0.25) is 0 Å². The molecule has 3 aliphatic carbocycles. The van der Waals surface area contributed by atoms with Crippen molar-refractivity contribution in [3.63, 3.8) is 0 Å². The number of halogens is 1. The Morgan fingerprint density at radius 1 is 1.11 bits per heavy atom. The lowest BCUT2D eigenvalue weighted by molar-refractivity contribution is 0.251. The quantitative estimate of drug-likeness (QED) is 0.483. The molecule has 0 amide bonds. The van der Waals surface area contributed by atoms with Gasteiger partial charge in [0, 0.05) is 3.92 Å². The molecule has 0 aromatic rings. The van der Waals surface area contributed by atoms with E-state index in [-0.39, 0.29) is 0 Å². The van der Waals surface area contributed by atoms with Crippen molar-refractivity contribution in [3.8, 4) is 0 Å². The summed E-state index contributed by atoms with van der Waals surface area (Å²) in [5, 5.41) is 0. The highest BCUT2D eigenvalue weighted by Gasteiger charge is 2.73. The minimum Gasteiger partial charge on any atom is -0.0826 e. The molecule has 50 valence electrons. The highest BCUT2D eigenvalue weighted by atomic mass is 127. The third-order valence-electron chi connectivity index (χ3n) is 3.64. The third-order valence-corrected chi connectivity index (χ3v) is 4.66. The zero-order valence-electron chi connectivity index (χ0n) is 5.44. The van der Waals surface area contributed by atoms with E-state index in [4.69, 9.17) is 0 Å². The van der Waals surface area contributed by atoms with Crippen LogP contribution in [0.25, 0.3) is 0 Å². The molecule has 0 heterocycles. The summed E-state index contributed by atoms with van der Waals surface area (Å²) in [6.45, 7) is 0. The van der Waals surface area contributed by atoms with Crippen LogP contribution in [0.2, 0.25) is 0 Å². The summed E-state index contributed by atoms with van der Waals surface area (Å²) in [5.41, 5.74) is 0.988. The Bertz CT molecular complexity index is 152. The molecule has 3 rings (SSSR count). The maximum absolute atomic E-state index is 2.59. The number of fused-ring (bicyclic) bond motifs is 1. The van der Waals surface area contributed by atoms with Crippen LogP contribution >= 0.6 is 22.6 Å². The molecular weight excluding hydrogens is 223 g/mol. The molecule has 0 aromatic carbocycles. The predicted octanol–water partition coefficient (Wildman–Crippen LogP) is 2.61. The fourth-order valence-corrected chi connectivity index (χ4v) is 3.65. The van der Waals surface area contributed by atoms with Crippen molar-refractivity contribution in [2.45, 2.75) is 29.6 Å². The molecule has 0 bridgehead atoms. The molecule has 0 saturated heterocycles. The highest BCUT2D eigenvalue weighted by molar-refractivity contribution is 14.1. The lowest BCUT2D eigenvalue weighted by Crippen LogP contribution is -2.27. The van der Waals surface area contributed by atoms with Gasteiger partial charge in [0.05, 0.1) is 0 Å². The largest absolute Gasteiger partial charge is 0.0826 e. The van der Waals surface area contributed by atoms with Crippen molar-refractivity contribution in [3.05, 3.63) is 0 Å². The minimum absolute atomic E-state index is 0.988. The van der Waals surface area contributed by atoms with Gasteiger partial charge in [-0.25, -0.2) is 0 Å². The van der Waals surface area contributed by atoms with Crippen LogP contribution in [0.4, 0.5) is 0 Å². The molecular formula is C8H11I. The van der Waals surface area contributed by atoms with Gasteiger partial charge in [-0.1, -0.05) is 22.6 Å². The van der Waals surface area contributed by atoms with Crippen LogP contribution < -0.4 is 0 Å². The average Bonchev–Trinajstić information content (AvgIpc) is 2.39. The van der Waals surface area contributed by atoms with E-state index in [1.54, 1.807) is 25.7 Å².